The Morgan fingerprint density at radius 2 is 2.17 bits per heavy atom. The maximum absolute atomic E-state index is 10.8. The van der Waals surface area contributed by atoms with Gasteiger partial charge in [0.25, 0.3) is 5.69 Å². The molecule has 8 heteroatoms. The Bertz CT molecular complexity index is 589. The van der Waals surface area contributed by atoms with E-state index in [1.165, 1.54) is 25.7 Å². The van der Waals surface area contributed by atoms with Crippen LogP contribution in [-0.4, -0.2) is 47.7 Å². The number of non-ortho nitro benzene ring substituents is 1. The number of piperidine rings is 1. The molecule has 0 aromatic heterocycles. The van der Waals surface area contributed by atoms with Crippen LogP contribution in [-0.2, 0) is 0 Å². The van der Waals surface area contributed by atoms with Gasteiger partial charge in [0.1, 0.15) is 5.75 Å². The number of nitrogens with zero attached hydrogens (tertiary/aromatic N) is 2. The van der Waals surface area contributed by atoms with E-state index in [0.29, 0.717) is 22.6 Å². The molecule has 1 heterocycles. The molecule has 1 aliphatic heterocycles. The Kier molecular flexibility index (Phi) is 6.74. The third-order valence-electron chi connectivity index (χ3n) is 4.11. The van der Waals surface area contributed by atoms with Crippen LogP contribution in [0.3, 0.4) is 0 Å². The van der Waals surface area contributed by atoms with Gasteiger partial charge in [0, 0.05) is 25.2 Å². The molecular formula is C16H24N4O3S. The van der Waals surface area contributed by atoms with Gasteiger partial charge in [0.05, 0.1) is 23.8 Å². The number of nitro groups is 1. The van der Waals surface area contributed by atoms with Crippen LogP contribution in [0.25, 0.3) is 0 Å². The number of hydrogen-bond acceptors (Lipinski definition) is 5. The van der Waals surface area contributed by atoms with Crippen LogP contribution in [0.1, 0.15) is 26.2 Å². The zero-order valence-corrected chi connectivity index (χ0v) is 14.9. The molecule has 7 nitrogen and oxygen atoms in total. The summed E-state index contributed by atoms with van der Waals surface area (Å²) in [5, 5.41) is 17.7. The van der Waals surface area contributed by atoms with Gasteiger partial charge in [-0.25, -0.2) is 0 Å². The molecule has 0 bridgehead atoms. The van der Waals surface area contributed by atoms with Crippen LogP contribution in [0, 0.1) is 10.1 Å². The lowest BCUT2D eigenvalue weighted by molar-refractivity contribution is -0.384. The van der Waals surface area contributed by atoms with Crippen molar-refractivity contribution >= 4 is 28.7 Å². The second kappa shape index (κ2) is 8.79. The molecule has 0 spiro atoms. The first-order valence-electron chi connectivity index (χ1n) is 8.15. The van der Waals surface area contributed by atoms with Gasteiger partial charge in [-0.2, -0.15) is 0 Å². The maximum Gasteiger partial charge on any atom is 0.273 e. The molecule has 1 aromatic carbocycles. The molecule has 132 valence electrons. The van der Waals surface area contributed by atoms with E-state index in [1.54, 1.807) is 6.07 Å². The summed E-state index contributed by atoms with van der Waals surface area (Å²) >= 11 is 5.36. The van der Waals surface area contributed by atoms with Gasteiger partial charge in [0.2, 0.25) is 0 Å². The highest BCUT2D eigenvalue weighted by molar-refractivity contribution is 7.80. The second-order valence-corrected chi connectivity index (χ2v) is 6.26. The highest BCUT2D eigenvalue weighted by Crippen LogP contribution is 2.29. The number of anilines is 1. The fraction of sp³-hybridized carbons (Fsp3) is 0.562. The molecule has 2 rings (SSSR count). The number of methoxy groups -OCH3 is 1. The Hall–Kier alpha value is -1.93. The molecule has 1 fully saturated rings. The molecule has 0 aliphatic carbocycles. The Labute approximate surface area is 147 Å². The minimum absolute atomic E-state index is 0.0143. The van der Waals surface area contributed by atoms with Crippen LogP contribution in [0.2, 0.25) is 0 Å². The van der Waals surface area contributed by atoms with Gasteiger partial charge in [-0.15, -0.1) is 0 Å². The van der Waals surface area contributed by atoms with Gasteiger partial charge in [-0.3, -0.25) is 10.1 Å². The fourth-order valence-corrected chi connectivity index (χ4v) is 3.13. The first-order valence-corrected chi connectivity index (χ1v) is 8.56. The van der Waals surface area contributed by atoms with Crippen molar-refractivity contribution in [1.82, 2.24) is 10.2 Å². The van der Waals surface area contributed by atoms with E-state index in [2.05, 4.69) is 22.5 Å². The molecule has 0 radical (unpaired) electrons. The van der Waals surface area contributed by atoms with Gasteiger partial charge in [-0.05, 0) is 44.1 Å². The number of nitrogens with one attached hydrogen (secondary N) is 2. The van der Waals surface area contributed by atoms with Crippen molar-refractivity contribution in [3.8, 4) is 5.75 Å². The van der Waals surface area contributed by atoms with E-state index < -0.39 is 4.92 Å². The van der Waals surface area contributed by atoms with Crippen molar-refractivity contribution in [1.29, 1.82) is 0 Å². The highest BCUT2D eigenvalue weighted by atomic mass is 32.1. The number of nitro benzene ring substituents is 1. The van der Waals surface area contributed by atoms with E-state index in [-0.39, 0.29) is 5.69 Å². The summed E-state index contributed by atoms with van der Waals surface area (Å²) < 4.78 is 5.21. The Morgan fingerprint density at radius 1 is 1.46 bits per heavy atom. The first kappa shape index (κ1) is 18.4. The molecule has 0 unspecified atom stereocenters. The van der Waals surface area contributed by atoms with Crippen LogP contribution in [0.15, 0.2) is 18.2 Å². The topological polar surface area (TPSA) is 79.7 Å². The molecule has 24 heavy (non-hydrogen) atoms. The summed E-state index contributed by atoms with van der Waals surface area (Å²) in [6.07, 6.45) is 3.29. The van der Waals surface area contributed by atoms with E-state index in [9.17, 15) is 10.1 Å². The summed E-state index contributed by atoms with van der Waals surface area (Å²) in [5.41, 5.74) is 0.601. The number of rotatable bonds is 6. The van der Waals surface area contributed by atoms with Gasteiger partial charge in [-0.1, -0.05) is 6.92 Å². The van der Waals surface area contributed by atoms with Crippen molar-refractivity contribution < 1.29 is 9.66 Å². The summed E-state index contributed by atoms with van der Waals surface area (Å²) in [6, 6.07) is 4.77. The number of benzene rings is 1. The monoisotopic (exact) mass is 352 g/mol. The molecule has 0 amide bonds. The fourth-order valence-electron chi connectivity index (χ4n) is 2.86. The lowest BCUT2D eigenvalue weighted by atomic mass is 10.1. The second-order valence-electron chi connectivity index (χ2n) is 5.86. The number of hydrogen-bond donors (Lipinski definition) is 2. The van der Waals surface area contributed by atoms with Crippen LogP contribution in [0.4, 0.5) is 11.4 Å². The zero-order valence-electron chi connectivity index (χ0n) is 14.1. The molecular weight excluding hydrogens is 328 g/mol. The SMILES string of the molecule is CCCN1CCC(NC(=S)Nc2ccc([N+](=O)[O-])cc2OC)CC1. The van der Waals surface area contributed by atoms with E-state index in [4.69, 9.17) is 17.0 Å². The normalized spacial score (nSPS) is 15.8. The van der Waals surface area contributed by atoms with Gasteiger partial charge < -0.3 is 20.3 Å². The van der Waals surface area contributed by atoms with Crippen molar-refractivity contribution in [2.45, 2.75) is 32.2 Å². The number of ether oxygens (including phenoxy) is 1. The molecule has 1 aliphatic rings. The van der Waals surface area contributed by atoms with Gasteiger partial charge in [0.15, 0.2) is 5.11 Å². The minimum atomic E-state index is -0.451. The van der Waals surface area contributed by atoms with Crippen LogP contribution < -0.4 is 15.4 Å². The van der Waals surface area contributed by atoms with E-state index in [1.807, 2.05) is 0 Å². The predicted octanol–water partition coefficient (Wildman–Crippen LogP) is 2.76. The Balaban J connectivity index is 1.90. The smallest absolute Gasteiger partial charge is 0.273 e. The molecule has 1 aromatic rings. The highest BCUT2D eigenvalue weighted by Gasteiger charge is 2.19. The summed E-state index contributed by atoms with van der Waals surface area (Å²) in [4.78, 5) is 12.8. The molecule has 0 atom stereocenters. The van der Waals surface area contributed by atoms with Crippen molar-refractivity contribution in [2.75, 3.05) is 32.1 Å². The molecule has 1 saturated heterocycles. The van der Waals surface area contributed by atoms with E-state index >= 15 is 0 Å². The predicted molar refractivity (Wildman–Crippen MR) is 98.8 cm³/mol. The summed E-state index contributed by atoms with van der Waals surface area (Å²) in [5.74, 6) is 0.395. The number of thiocarbonyl (C=S) groups is 1. The van der Waals surface area contributed by atoms with Crippen molar-refractivity contribution in [3.05, 3.63) is 28.3 Å². The third-order valence-corrected chi connectivity index (χ3v) is 4.33. The van der Waals surface area contributed by atoms with Crippen molar-refractivity contribution in [2.24, 2.45) is 0 Å². The number of likely N-dealkylation sites (tertiary alicyclic amines) is 1. The Morgan fingerprint density at radius 3 is 2.75 bits per heavy atom. The van der Waals surface area contributed by atoms with Gasteiger partial charge >= 0.3 is 0 Å². The zero-order chi connectivity index (χ0) is 17.5. The van der Waals surface area contributed by atoms with Crippen LogP contribution in [0.5, 0.6) is 5.75 Å². The summed E-state index contributed by atoms with van der Waals surface area (Å²) in [6.45, 7) is 5.50. The average molecular weight is 352 g/mol. The minimum Gasteiger partial charge on any atom is -0.494 e. The standard InChI is InChI=1S/C16H24N4O3S/c1-3-8-19-9-6-12(7-10-19)17-16(24)18-14-5-4-13(20(21)22)11-15(14)23-2/h4-5,11-12H,3,6-10H2,1-2H3,(H2,17,18,24). The third kappa shape index (κ3) is 5.04. The lowest BCUT2D eigenvalue weighted by Crippen LogP contribution is -2.46. The first-order chi connectivity index (χ1) is 11.5. The van der Waals surface area contributed by atoms with Crippen molar-refractivity contribution in [3.63, 3.8) is 0 Å². The van der Waals surface area contributed by atoms with Crippen LogP contribution >= 0.6 is 12.2 Å². The quantitative estimate of drug-likeness (QED) is 0.463. The van der Waals surface area contributed by atoms with E-state index in [0.717, 1.165) is 32.5 Å². The molecule has 2 N–H and O–H groups in total. The lowest BCUT2D eigenvalue weighted by Gasteiger charge is -2.32. The largest absolute Gasteiger partial charge is 0.494 e. The summed E-state index contributed by atoms with van der Waals surface area (Å²) in [7, 11) is 1.48. The maximum atomic E-state index is 10.8. The average Bonchev–Trinajstić information content (AvgIpc) is 2.57. The molecule has 0 saturated carbocycles.